The van der Waals surface area contributed by atoms with E-state index < -0.39 is 0 Å². The number of ether oxygens (including phenoxy) is 1. The molecule has 1 atom stereocenters. The maximum absolute atomic E-state index is 11.3. The van der Waals surface area contributed by atoms with Crippen molar-refractivity contribution in [1.82, 2.24) is 0 Å². The van der Waals surface area contributed by atoms with Gasteiger partial charge in [0.1, 0.15) is 5.78 Å². The van der Waals surface area contributed by atoms with Crippen molar-refractivity contribution in [2.75, 3.05) is 0 Å². The van der Waals surface area contributed by atoms with E-state index in [1.165, 1.54) is 0 Å². The number of rotatable bonds is 5. The fraction of sp³-hybridized carbons (Fsp3) is 0.900. The maximum Gasteiger partial charge on any atom is 0.137 e. The second kappa shape index (κ2) is 5.31. The average molecular weight is 172 g/mol. The summed E-state index contributed by atoms with van der Waals surface area (Å²) in [6, 6.07) is 0. The zero-order valence-electron chi connectivity index (χ0n) is 8.76. The van der Waals surface area contributed by atoms with E-state index in [2.05, 4.69) is 0 Å². The molecule has 0 aliphatic heterocycles. The van der Waals surface area contributed by atoms with Gasteiger partial charge in [-0.2, -0.15) is 0 Å². The quantitative estimate of drug-likeness (QED) is 0.636. The van der Waals surface area contributed by atoms with E-state index in [9.17, 15) is 4.79 Å². The molecule has 0 heterocycles. The van der Waals surface area contributed by atoms with Gasteiger partial charge in [-0.1, -0.05) is 13.8 Å². The van der Waals surface area contributed by atoms with Gasteiger partial charge in [0.05, 0.1) is 12.2 Å². The molecule has 0 spiro atoms. The van der Waals surface area contributed by atoms with E-state index in [1.54, 1.807) is 0 Å². The third-order valence-corrected chi connectivity index (χ3v) is 1.64. The first-order chi connectivity index (χ1) is 5.43. The fourth-order valence-electron chi connectivity index (χ4n) is 1.03. The number of hydrogen-bond acceptors (Lipinski definition) is 2. The summed E-state index contributed by atoms with van der Waals surface area (Å²) in [5.74, 6) is 0.409. The highest BCUT2D eigenvalue weighted by Crippen LogP contribution is 2.07. The van der Waals surface area contributed by atoms with Gasteiger partial charge in [-0.05, 0) is 20.8 Å². The molecule has 72 valence electrons. The SMILES string of the molecule is CC(C)O[C@H](C)CC(=O)C(C)C. The Labute approximate surface area is 75.3 Å². The summed E-state index contributed by atoms with van der Waals surface area (Å²) >= 11 is 0. The molecule has 0 saturated carbocycles. The summed E-state index contributed by atoms with van der Waals surface area (Å²) in [6.45, 7) is 9.75. The zero-order chi connectivity index (χ0) is 9.72. The van der Waals surface area contributed by atoms with E-state index in [4.69, 9.17) is 4.74 Å². The molecule has 0 aromatic heterocycles. The van der Waals surface area contributed by atoms with Crippen LogP contribution in [0.25, 0.3) is 0 Å². The lowest BCUT2D eigenvalue weighted by atomic mass is 10.0. The highest BCUT2D eigenvalue weighted by molar-refractivity contribution is 5.80. The lowest BCUT2D eigenvalue weighted by Gasteiger charge is -2.16. The van der Waals surface area contributed by atoms with Gasteiger partial charge in [0, 0.05) is 12.3 Å². The zero-order valence-corrected chi connectivity index (χ0v) is 8.76. The van der Waals surface area contributed by atoms with Crippen LogP contribution in [0.1, 0.15) is 41.0 Å². The second-order valence-corrected chi connectivity index (χ2v) is 3.82. The highest BCUT2D eigenvalue weighted by atomic mass is 16.5. The average Bonchev–Trinajstić information content (AvgIpc) is 1.84. The van der Waals surface area contributed by atoms with Crippen LogP contribution in [-0.4, -0.2) is 18.0 Å². The number of hydrogen-bond donors (Lipinski definition) is 0. The van der Waals surface area contributed by atoms with Crippen LogP contribution < -0.4 is 0 Å². The van der Waals surface area contributed by atoms with Gasteiger partial charge in [0.2, 0.25) is 0 Å². The molecule has 0 saturated heterocycles. The number of ketones is 1. The summed E-state index contributed by atoms with van der Waals surface area (Å²) in [4.78, 5) is 11.3. The molecule has 12 heavy (non-hydrogen) atoms. The van der Waals surface area contributed by atoms with Gasteiger partial charge in [-0.15, -0.1) is 0 Å². The lowest BCUT2D eigenvalue weighted by molar-refractivity contribution is -0.125. The smallest absolute Gasteiger partial charge is 0.137 e. The maximum atomic E-state index is 11.3. The van der Waals surface area contributed by atoms with Crippen molar-refractivity contribution >= 4 is 5.78 Å². The molecule has 0 fully saturated rings. The summed E-state index contributed by atoms with van der Waals surface area (Å²) in [5.41, 5.74) is 0. The minimum absolute atomic E-state index is 0.0555. The minimum Gasteiger partial charge on any atom is -0.375 e. The van der Waals surface area contributed by atoms with Gasteiger partial charge in [-0.3, -0.25) is 4.79 Å². The Morgan fingerprint density at radius 1 is 1.17 bits per heavy atom. The third kappa shape index (κ3) is 5.30. The topological polar surface area (TPSA) is 26.3 Å². The minimum atomic E-state index is 0.0555. The van der Waals surface area contributed by atoms with Crippen LogP contribution in [0.2, 0.25) is 0 Å². The summed E-state index contributed by atoms with van der Waals surface area (Å²) in [7, 11) is 0. The van der Waals surface area contributed by atoms with Crippen molar-refractivity contribution in [3.8, 4) is 0 Å². The summed E-state index contributed by atoms with van der Waals surface area (Å²) in [5, 5.41) is 0. The van der Waals surface area contributed by atoms with E-state index in [1.807, 2.05) is 34.6 Å². The van der Waals surface area contributed by atoms with Gasteiger partial charge >= 0.3 is 0 Å². The molecule has 2 heteroatoms. The predicted octanol–water partition coefficient (Wildman–Crippen LogP) is 2.42. The molecule has 0 bridgehead atoms. The Bertz CT molecular complexity index is 139. The van der Waals surface area contributed by atoms with Crippen LogP contribution in [0.15, 0.2) is 0 Å². The van der Waals surface area contributed by atoms with Crippen molar-refractivity contribution in [3.63, 3.8) is 0 Å². The Morgan fingerprint density at radius 3 is 2.00 bits per heavy atom. The molecule has 0 N–H and O–H groups in total. The van der Waals surface area contributed by atoms with Gasteiger partial charge < -0.3 is 4.74 Å². The van der Waals surface area contributed by atoms with Gasteiger partial charge in [-0.25, -0.2) is 0 Å². The highest BCUT2D eigenvalue weighted by Gasteiger charge is 2.13. The summed E-state index contributed by atoms with van der Waals surface area (Å²) in [6.07, 6.45) is 0.801. The van der Waals surface area contributed by atoms with Crippen LogP contribution in [-0.2, 0) is 9.53 Å². The predicted molar refractivity (Wildman–Crippen MR) is 50.1 cm³/mol. The van der Waals surface area contributed by atoms with Crippen LogP contribution in [0, 0.1) is 5.92 Å². The fourth-order valence-corrected chi connectivity index (χ4v) is 1.03. The molecule has 0 aromatic rings. The van der Waals surface area contributed by atoms with Gasteiger partial charge in [0.25, 0.3) is 0 Å². The van der Waals surface area contributed by atoms with Gasteiger partial charge in [0.15, 0.2) is 0 Å². The Kier molecular flexibility index (Phi) is 5.14. The molecule has 2 nitrogen and oxygen atoms in total. The van der Waals surface area contributed by atoms with E-state index in [-0.39, 0.29) is 23.9 Å². The van der Waals surface area contributed by atoms with Crippen molar-refractivity contribution in [2.45, 2.75) is 53.2 Å². The van der Waals surface area contributed by atoms with E-state index in [0.717, 1.165) is 0 Å². The first kappa shape index (κ1) is 11.6. The molecule has 0 aliphatic rings. The molecule has 0 unspecified atom stereocenters. The summed E-state index contributed by atoms with van der Waals surface area (Å²) < 4.78 is 5.45. The first-order valence-electron chi connectivity index (χ1n) is 4.61. The first-order valence-corrected chi connectivity index (χ1v) is 4.61. The number of carbonyl (C=O) groups excluding carboxylic acids is 1. The molecule has 0 amide bonds. The van der Waals surface area contributed by atoms with Crippen molar-refractivity contribution in [3.05, 3.63) is 0 Å². The van der Waals surface area contributed by atoms with Crippen molar-refractivity contribution in [1.29, 1.82) is 0 Å². The number of carbonyl (C=O) groups is 1. The Morgan fingerprint density at radius 2 is 1.67 bits per heavy atom. The largest absolute Gasteiger partial charge is 0.375 e. The van der Waals surface area contributed by atoms with Crippen LogP contribution in [0.3, 0.4) is 0 Å². The normalized spacial score (nSPS) is 13.9. The van der Waals surface area contributed by atoms with Crippen LogP contribution in [0.5, 0.6) is 0 Å². The van der Waals surface area contributed by atoms with E-state index in [0.29, 0.717) is 6.42 Å². The van der Waals surface area contributed by atoms with E-state index >= 15 is 0 Å². The molecule has 0 radical (unpaired) electrons. The molecular formula is C10H20O2. The monoisotopic (exact) mass is 172 g/mol. The molecule has 0 aromatic carbocycles. The number of Topliss-reactive ketones (excluding diaryl/α,β-unsaturated/α-hetero) is 1. The molecule has 0 rings (SSSR count). The van der Waals surface area contributed by atoms with Crippen LogP contribution >= 0.6 is 0 Å². The van der Waals surface area contributed by atoms with Crippen molar-refractivity contribution in [2.24, 2.45) is 5.92 Å². The molecular weight excluding hydrogens is 152 g/mol. The third-order valence-electron chi connectivity index (χ3n) is 1.64. The second-order valence-electron chi connectivity index (χ2n) is 3.82. The van der Waals surface area contributed by atoms with Crippen molar-refractivity contribution < 1.29 is 9.53 Å². The standard InChI is InChI=1S/C10H20O2/c1-7(2)10(11)6-9(5)12-8(3)4/h7-9H,6H2,1-5H3/t9-/m1/s1. The molecule has 0 aliphatic carbocycles. The lowest BCUT2D eigenvalue weighted by Crippen LogP contribution is -2.20. The Hall–Kier alpha value is -0.370. The van der Waals surface area contributed by atoms with Crippen LogP contribution in [0.4, 0.5) is 0 Å². The Balaban J connectivity index is 3.69.